The molecule has 0 aliphatic carbocycles. The molecule has 0 N–H and O–H groups in total. The van der Waals surface area contributed by atoms with Crippen molar-refractivity contribution >= 4 is 33.7 Å². The van der Waals surface area contributed by atoms with Crippen molar-refractivity contribution in [2.24, 2.45) is 0 Å². The molecule has 6 aromatic rings. The van der Waals surface area contributed by atoms with Gasteiger partial charge in [-0.15, -0.1) is 0 Å². The molecule has 0 nitrogen and oxygen atoms in total. The Balaban J connectivity index is 1.71. The van der Waals surface area contributed by atoms with E-state index in [1.807, 2.05) is 12.2 Å². The van der Waals surface area contributed by atoms with E-state index in [0.29, 0.717) is 0 Å². The molecule has 0 saturated heterocycles. The lowest BCUT2D eigenvalue weighted by Gasteiger charge is -2.21. The highest BCUT2D eigenvalue weighted by molar-refractivity contribution is 6.12. The van der Waals surface area contributed by atoms with Crippen LogP contribution in [0.5, 0.6) is 0 Å². The summed E-state index contributed by atoms with van der Waals surface area (Å²) in [6.07, 6.45) is 3.96. The topological polar surface area (TPSA) is 0 Å². The quantitative estimate of drug-likeness (QED) is 0.234. The second kappa shape index (κ2) is 9.41. The number of hydrogen-bond donors (Lipinski definition) is 0. The van der Waals surface area contributed by atoms with Crippen LogP contribution in [0.3, 0.4) is 0 Å². The van der Waals surface area contributed by atoms with Gasteiger partial charge in [-0.25, -0.2) is 0 Å². The van der Waals surface area contributed by atoms with Crippen LogP contribution in [0.25, 0.3) is 67.1 Å². The summed E-state index contributed by atoms with van der Waals surface area (Å²) in [5.74, 6) is 0. The number of aryl methyl sites for hydroxylation is 1. The van der Waals surface area contributed by atoms with E-state index in [1.54, 1.807) is 0 Å². The zero-order valence-electron chi connectivity index (χ0n) is 21.0. The Labute approximate surface area is 218 Å². The van der Waals surface area contributed by atoms with Crippen LogP contribution in [0.4, 0.5) is 0 Å². The van der Waals surface area contributed by atoms with Crippen LogP contribution in [-0.4, -0.2) is 0 Å². The molecule has 0 aliphatic rings. The highest BCUT2D eigenvalue weighted by atomic mass is 14.2. The van der Waals surface area contributed by atoms with Crippen molar-refractivity contribution in [3.8, 4) is 33.4 Å². The highest BCUT2D eigenvalue weighted by Crippen LogP contribution is 2.44. The molecule has 0 spiro atoms. The number of rotatable bonds is 5. The summed E-state index contributed by atoms with van der Waals surface area (Å²) in [7, 11) is 0. The number of benzene rings is 6. The zero-order valence-corrected chi connectivity index (χ0v) is 21.0. The zero-order chi connectivity index (χ0) is 25.4. The van der Waals surface area contributed by atoms with E-state index >= 15 is 0 Å². The Morgan fingerprint density at radius 3 is 1.59 bits per heavy atom. The molecule has 0 heteroatoms. The molecule has 6 aromatic carbocycles. The first-order valence-electron chi connectivity index (χ1n) is 12.7. The van der Waals surface area contributed by atoms with Crippen LogP contribution in [0, 0.1) is 6.92 Å². The molecule has 0 aromatic heterocycles. The molecule has 0 radical (unpaired) electrons. The fourth-order valence-electron chi connectivity index (χ4n) is 5.51. The Hall–Kier alpha value is -4.68. The molecular weight excluding hydrogens is 444 g/mol. The predicted octanol–water partition coefficient (Wildman–Crippen LogP) is 10.6. The smallest absolute Gasteiger partial charge is 0.00264 e. The second-order valence-electron chi connectivity index (χ2n) is 9.54. The SMILES string of the molecule is C=Cc1c(C=C)c(-c2ccccc2)c2cc(-c3ccc4cc(C)ccc4c3)ccc2c1-c1ccccc1. The van der Waals surface area contributed by atoms with Crippen molar-refractivity contribution in [3.63, 3.8) is 0 Å². The number of fused-ring (bicyclic) bond motifs is 2. The van der Waals surface area contributed by atoms with Crippen molar-refractivity contribution in [2.45, 2.75) is 6.92 Å². The molecule has 37 heavy (non-hydrogen) atoms. The molecule has 6 rings (SSSR count). The molecule has 0 atom stereocenters. The average Bonchev–Trinajstić information content (AvgIpc) is 2.96. The van der Waals surface area contributed by atoms with E-state index in [2.05, 4.69) is 135 Å². The van der Waals surface area contributed by atoms with Gasteiger partial charge in [0.25, 0.3) is 0 Å². The van der Waals surface area contributed by atoms with Crippen LogP contribution in [0.2, 0.25) is 0 Å². The summed E-state index contributed by atoms with van der Waals surface area (Å²) >= 11 is 0. The largest absolute Gasteiger partial charge is 0.0984 e. The fourth-order valence-corrected chi connectivity index (χ4v) is 5.51. The van der Waals surface area contributed by atoms with Gasteiger partial charge < -0.3 is 0 Å². The number of hydrogen-bond acceptors (Lipinski definition) is 0. The van der Waals surface area contributed by atoms with Gasteiger partial charge in [-0.05, 0) is 85.1 Å². The summed E-state index contributed by atoms with van der Waals surface area (Å²) < 4.78 is 0. The summed E-state index contributed by atoms with van der Waals surface area (Å²) in [6, 6.07) is 41.5. The minimum absolute atomic E-state index is 1.11. The molecular formula is C37H28. The van der Waals surface area contributed by atoms with Gasteiger partial charge in [0, 0.05) is 0 Å². The molecule has 0 aliphatic heterocycles. The Bertz CT molecular complexity index is 1790. The standard InChI is InChI=1S/C37H28/c1-4-32-33(5-2)37(27-14-10-7-11-15-27)35-24-31(20-21-34(35)36(32)26-12-8-6-9-13-26)30-19-18-28-22-25(3)16-17-29(28)23-30/h4-24H,1-2H2,3H3. The van der Waals surface area contributed by atoms with Gasteiger partial charge in [-0.3, -0.25) is 0 Å². The van der Waals surface area contributed by atoms with E-state index in [9.17, 15) is 0 Å². The predicted molar refractivity (Wildman–Crippen MR) is 163 cm³/mol. The highest BCUT2D eigenvalue weighted by Gasteiger charge is 2.19. The maximum Gasteiger partial charge on any atom is -0.00264 e. The van der Waals surface area contributed by atoms with E-state index in [1.165, 1.54) is 60.5 Å². The summed E-state index contributed by atoms with van der Waals surface area (Å²) in [4.78, 5) is 0. The maximum atomic E-state index is 4.24. The van der Waals surface area contributed by atoms with Crippen LogP contribution in [0.15, 0.2) is 128 Å². The molecule has 0 fully saturated rings. The van der Waals surface area contributed by atoms with Gasteiger partial charge in [0.1, 0.15) is 0 Å². The van der Waals surface area contributed by atoms with Crippen LogP contribution in [-0.2, 0) is 0 Å². The second-order valence-corrected chi connectivity index (χ2v) is 9.54. The minimum atomic E-state index is 1.11. The minimum Gasteiger partial charge on any atom is -0.0984 e. The molecule has 0 saturated carbocycles. The molecule has 176 valence electrons. The third-order valence-corrected chi connectivity index (χ3v) is 7.25. The lowest BCUT2D eigenvalue weighted by atomic mass is 9.82. The normalized spacial score (nSPS) is 11.1. The fraction of sp³-hybridized carbons (Fsp3) is 0.0270. The molecule has 0 amide bonds. The Kier molecular flexibility index (Phi) is 5.79. The Morgan fingerprint density at radius 2 is 0.973 bits per heavy atom. The van der Waals surface area contributed by atoms with Gasteiger partial charge in [0.15, 0.2) is 0 Å². The Morgan fingerprint density at radius 1 is 0.459 bits per heavy atom. The first kappa shape index (κ1) is 22.8. The first-order chi connectivity index (χ1) is 18.2. The first-order valence-corrected chi connectivity index (χ1v) is 12.7. The van der Waals surface area contributed by atoms with Gasteiger partial charge in [-0.1, -0.05) is 134 Å². The van der Waals surface area contributed by atoms with Gasteiger partial charge >= 0.3 is 0 Å². The third-order valence-electron chi connectivity index (χ3n) is 7.25. The van der Waals surface area contributed by atoms with E-state index in [4.69, 9.17) is 0 Å². The van der Waals surface area contributed by atoms with Crippen molar-refractivity contribution in [1.29, 1.82) is 0 Å². The monoisotopic (exact) mass is 472 g/mol. The third kappa shape index (κ3) is 3.97. The molecule has 0 bridgehead atoms. The molecule has 0 heterocycles. The lowest BCUT2D eigenvalue weighted by molar-refractivity contribution is 1.50. The maximum absolute atomic E-state index is 4.24. The van der Waals surface area contributed by atoms with Crippen LogP contribution in [0.1, 0.15) is 16.7 Å². The van der Waals surface area contributed by atoms with Gasteiger partial charge in [-0.2, -0.15) is 0 Å². The van der Waals surface area contributed by atoms with E-state index < -0.39 is 0 Å². The van der Waals surface area contributed by atoms with E-state index in [-0.39, 0.29) is 0 Å². The molecule has 0 unspecified atom stereocenters. The average molecular weight is 473 g/mol. The summed E-state index contributed by atoms with van der Waals surface area (Å²) in [6.45, 7) is 10.6. The van der Waals surface area contributed by atoms with Gasteiger partial charge in [0.2, 0.25) is 0 Å². The van der Waals surface area contributed by atoms with Crippen molar-refractivity contribution in [2.75, 3.05) is 0 Å². The van der Waals surface area contributed by atoms with Crippen molar-refractivity contribution in [1.82, 2.24) is 0 Å². The van der Waals surface area contributed by atoms with Crippen LogP contribution >= 0.6 is 0 Å². The summed E-state index contributed by atoms with van der Waals surface area (Å²) in [5, 5.41) is 4.95. The van der Waals surface area contributed by atoms with Gasteiger partial charge in [0.05, 0.1) is 0 Å². The van der Waals surface area contributed by atoms with Crippen molar-refractivity contribution < 1.29 is 0 Å². The van der Waals surface area contributed by atoms with E-state index in [0.717, 1.165) is 11.1 Å². The lowest BCUT2D eigenvalue weighted by Crippen LogP contribution is -1.96. The van der Waals surface area contributed by atoms with Crippen LogP contribution < -0.4 is 0 Å². The summed E-state index contributed by atoms with van der Waals surface area (Å²) in [5.41, 5.74) is 10.7. The van der Waals surface area contributed by atoms with Crippen molar-refractivity contribution in [3.05, 3.63) is 145 Å².